The monoisotopic (exact) mass is 378 g/mol. The molecule has 0 aromatic heterocycles. The highest BCUT2D eigenvalue weighted by atomic mass is 35.5. The first kappa shape index (κ1) is 17.9. The third kappa shape index (κ3) is 3.86. The fourth-order valence-corrected chi connectivity index (χ4v) is 4.76. The number of hydrogen-bond donors (Lipinski definition) is 1. The molecule has 0 bridgehead atoms. The maximum Gasteiger partial charge on any atom is 0.243 e. The summed E-state index contributed by atoms with van der Waals surface area (Å²) in [5.74, 6) is -0.305. The minimum Gasteiger partial charge on any atom is -0.325 e. The largest absolute Gasteiger partial charge is 0.325 e. The first-order chi connectivity index (χ1) is 11.9. The molecule has 1 atom stereocenters. The molecule has 0 spiro atoms. The number of aryl methyl sites for hydroxylation is 1. The molecule has 132 valence electrons. The van der Waals surface area contributed by atoms with Crippen LogP contribution in [0.4, 0.5) is 5.69 Å². The van der Waals surface area contributed by atoms with E-state index in [0.29, 0.717) is 30.1 Å². The first-order valence-electron chi connectivity index (χ1n) is 8.03. The van der Waals surface area contributed by atoms with Crippen LogP contribution in [0.2, 0.25) is 5.02 Å². The first-order valence-corrected chi connectivity index (χ1v) is 9.85. The number of nitrogens with one attached hydrogen (secondary N) is 1. The third-order valence-electron chi connectivity index (χ3n) is 4.21. The van der Waals surface area contributed by atoms with E-state index >= 15 is 0 Å². The zero-order valence-corrected chi connectivity index (χ0v) is 15.3. The fourth-order valence-electron chi connectivity index (χ4n) is 2.98. The standard InChI is InChI=1S/C18H19ClN2O3S/c1-13-4-2-5-15(12-13)20-18(22)17-6-3-11-21(17)25(23,24)16-9-7-14(19)8-10-16/h2,4-5,7-10,12,17H,3,6,11H2,1H3,(H,20,22)/t17-/m1/s1. The Bertz CT molecular complexity index is 881. The van der Waals surface area contributed by atoms with Crippen molar-refractivity contribution in [2.24, 2.45) is 0 Å². The summed E-state index contributed by atoms with van der Waals surface area (Å²) >= 11 is 5.83. The Morgan fingerprint density at radius 1 is 1.20 bits per heavy atom. The van der Waals surface area contributed by atoms with Crippen LogP contribution in [0.15, 0.2) is 53.4 Å². The Morgan fingerprint density at radius 3 is 2.60 bits per heavy atom. The van der Waals surface area contributed by atoms with Crippen molar-refractivity contribution in [2.45, 2.75) is 30.7 Å². The highest BCUT2D eigenvalue weighted by Gasteiger charge is 2.39. The number of amides is 1. The van der Waals surface area contributed by atoms with Crippen molar-refractivity contribution in [3.05, 3.63) is 59.1 Å². The van der Waals surface area contributed by atoms with E-state index in [0.717, 1.165) is 5.56 Å². The summed E-state index contributed by atoms with van der Waals surface area (Å²) in [5, 5.41) is 3.29. The lowest BCUT2D eigenvalue weighted by Crippen LogP contribution is -2.43. The summed E-state index contributed by atoms with van der Waals surface area (Å²) in [6, 6.07) is 12.7. The molecule has 2 aromatic carbocycles. The molecule has 3 rings (SSSR count). The SMILES string of the molecule is Cc1cccc(NC(=O)[C@H]2CCCN2S(=O)(=O)c2ccc(Cl)cc2)c1. The summed E-state index contributed by atoms with van der Waals surface area (Å²) in [6.45, 7) is 2.26. The van der Waals surface area contributed by atoms with Crippen molar-refractivity contribution in [3.8, 4) is 0 Å². The number of halogens is 1. The summed E-state index contributed by atoms with van der Waals surface area (Å²) in [6.07, 6.45) is 1.16. The van der Waals surface area contributed by atoms with Gasteiger partial charge in [-0.1, -0.05) is 23.7 Å². The molecular weight excluding hydrogens is 360 g/mol. The van der Waals surface area contributed by atoms with Gasteiger partial charge in [-0.15, -0.1) is 0 Å². The second-order valence-corrected chi connectivity index (χ2v) is 8.41. The number of nitrogens with zero attached hydrogens (tertiary/aromatic N) is 1. The Labute approximate surface area is 152 Å². The van der Waals surface area contributed by atoms with Gasteiger partial charge in [0.2, 0.25) is 15.9 Å². The molecule has 1 N–H and O–H groups in total. The van der Waals surface area contributed by atoms with Gasteiger partial charge in [0.1, 0.15) is 6.04 Å². The molecule has 7 heteroatoms. The zero-order chi connectivity index (χ0) is 18.0. The highest BCUT2D eigenvalue weighted by Crippen LogP contribution is 2.27. The van der Waals surface area contributed by atoms with E-state index < -0.39 is 16.1 Å². The van der Waals surface area contributed by atoms with Crippen LogP contribution in [-0.2, 0) is 14.8 Å². The number of anilines is 1. The molecule has 2 aromatic rings. The average Bonchev–Trinajstić information content (AvgIpc) is 3.06. The van der Waals surface area contributed by atoms with Crippen LogP contribution in [0.3, 0.4) is 0 Å². The summed E-state index contributed by atoms with van der Waals surface area (Å²) in [7, 11) is -3.74. The maximum atomic E-state index is 12.9. The van der Waals surface area contributed by atoms with Gasteiger partial charge in [0.25, 0.3) is 0 Å². The Hall–Kier alpha value is -1.89. The van der Waals surface area contributed by atoms with Crippen molar-refractivity contribution in [2.75, 3.05) is 11.9 Å². The van der Waals surface area contributed by atoms with Crippen molar-refractivity contribution >= 4 is 33.2 Å². The molecule has 1 amide bonds. The van der Waals surface area contributed by atoms with Gasteiger partial charge in [0.05, 0.1) is 4.90 Å². The molecule has 5 nitrogen and oxygen atoms in total. The van der Waals surface area contributed by atoms with Crippen molar-refractivity contribution < 1.29 is 13.2 Å². The normalized spacial score (nSPS) is 18.2. The maximum absolute atomic E-state index is 12.9. The van der Waals surface area contributed by atoms with E-state index in [2.05, 4.69) is 5.32 Å². The van der Waals surface area contributed by atoms with E-state index in [1.165, 1.54) is 28.6 Å². The molecular formula is C18H19ClN2O3S. The number of sulfonamides is 1. The predicted octanol–water partition coefficient (Wildman–Crippen LogP) is 3.44. The number of carbonyl (C=O) groups is 1. The smallest absolute Gasteiger partial charge is 0.243 e. The van der Waals surface area contributed by atoms with Crippen molar-refractivity contribution in [3.63, 3.8) is 0 Å². The molecule has 0 radical (unpaired) electrons. The Morgan fingerprint density at radius 2 is 1.92 bits per heavy atom. The summed E-state index contributed by atoms with van der Waals surface area (Å²) < 4.78 is 27.0. The zero-order valence-electron chi connectivity index (χ0n) is 13.8. The van der Waals surface area contributed by atoms with E-state index in [1.54, 1.807) is 6.07 Å². The van der Waals surface area contributed by atoms with E-state index in [9.17, 15) is 13.2 Å². The van der Waals surface area contributed by atoms with Crippen LogP contribution >= 0.6 is 11.6 Å². The number of hydrogen-bond acceptors (Lipinski definition) is 3. The van der Waals surface area contributed by atoms with Crippen LogP contribution < -0.4 is 5.32 Å². The average molecular weight is 379 g/mol. The molecule has 1 saturated heterocycles. The van der Waals surface area contributed by atoms with Gasteiger partial charge < -0.3 is 5.32 Å². The van der Waals surface area contributed by atoms with E-state index in [1.807, 2.05) is 25.1 Å². The minimum atomic E-state index is -3.74. The van der Waals surface area contributed by atoms with Crippen molar-refractivity contribution in [1.82, 2.24) is 4.31 Å². The second kappa shape index (κ2) is 7.15. The lowest BCUT2D eigenvalue weighted by Gasteiger charge is -2.23. The molecule has 0 saturated carbocycles. The van der Waals surface area contributed by atoms with Crippen LogP contribution in [0.1, 0.15) is 18.4 Å². The van der Waals surface area contributed by atoms with Gasteiger partial charge in [-0.2, -0.15) is 4.31 Å². The van der Waals surface area contributed by atoms with Gasteiger partial charge >= 0.3 is 0 Å². The van der Waals surface area contributed by atoms with Crippen LogP contribution in [0.25, 0.3) is 0 Å². The van der Waals surface area contributed by atoms with E-state index in [-0.39, 0.29) is 10.8 Å². The lowest BCUT2D eigenvalue weighted by molar-refractivity contribution is -0.119. The molecule has 1 aliphatic heterocycles. The number of carbonyl (C=O) groups excluding carboxylic acids is 1. The minimum absolute atomic E-state index is 0.146. The van der Waals surface area contributed by atoms with Gasteiger partial charge in [-0.3, -0.25) is 4.79 Å². The van der Waals surface area contributed by atoms with Crippen LogP contribution in [0.5, 0.6) is 0 Å². The predicted molar refractivity (Wildman–Crippen MR) is 98.2 cm³/mol. The fraction of sp³-hybridized carbons (Fsp3) is 0.278. The van der Waals surface area contributed by atoms with E-state index in [4.69, 9.17) is 11.6 Å². The topological polar surface area (TPSA) is 66.5 Å². The number of benzene rings is 2. The second-order valence-electron chi connectivity index (χ2n) is 6.09. The molecule has 25 heavy (non-hydrogen) atoms. The van der Waals surface area contributed by atoms with Gasteiger partial charge in [-0.25, -0.2) is 8.42 Å². The van der Waals surface area contributed by atoms with Crippen molar-refractivity contribution in [1.29, 1.82) is 0 Å². The lowest BCUT2D eigenvalue weighted by atomic mass is 10.2. The molecule has 1 fully saturated rings. The van der Waals surface area contributed by atoms with Gasteiger partial charge in [0, 0.05) is 17.3 Å². The highest BCUT2D eigenvalue weighted by molar-refractivity contribution is 7.89. The van der Waals surface area contributed by atoms with Crippen LogP contribution in [-0.4, -0.2) is 31.2 Å². The molecule has 0 aliphatic carbocycles. The number of rotatable bonds is 4. The summed E-state index contributed by atoms with van der Waals surface area (Å²) in [5.41, 5.74) is 1.69. The van der Waals surface area contributed by atoms with Gasteiger partial charge in [0.15, 0.2) is 0 Å². The summed E-state index contributed by atoms with van der Waals surface area (Å²) in [4.78, 5) is 12.8. The third-order valence-corrected chi connectivity index (χ3v) is 6.39. The van der Waals surface area contributed by atoms with Gasteiger partial charge in [-0.05, 0) is 61.7 Å². The molecule has 1 heterocycles. The Balaban J connectivity index is 1.82. The quantitative estimate of drug-likeness (QED) is 0.886. The molecule has 1 aliphatic rings. The van der Waals surface area contributed by atoms with Crippen LogP contribution in [0, 0.1) is 6.92 Å². The Kier molecular flexibility index (Phi) is 5.13. The molecule has 0 unspecified atom stereocenters.